The van der Waals surface area contributed by atoms with E-state index in [0.29, 0.717) is 0 Å². The molecule has 7 nitrogen and oxygen atoms in total. The molecular weight excluding hydrogens is 287 g/mol. The van der Waals surface area contributed by atoms with E-state index in [4.69, 9.17) is 4.55 Å². The van der Waals surface area contributed by atoms with Crippen molar-refractivity contribution < 1.29 is 61.6 Å². The Morgan fingerprint density at radius 2 is 1.37 bits per heavy atom. The van der Waals surface area contributed by atoms with Crippen LogP contribution in [-0.4, -0.2) is 39.1 Å². The number of methoxy groups -OCH3 is 2. The average molecular weight is 297 g/mol. The molecule has 9 heteroatoms. The molecule has 0 aromatic heterocycles. The Morgan fingerprint density at radius 1 is 1.00 bits per heavy atom. The summed E-state index contributed by atoms with van der Waals surface area (Å²) in [5.41, 5.74) is -0.374. The molecule has 0 amide bonds. The van der Waals surface area contributed by atoms with Gasteiger partial charge in [-0.2, -0.15) is 8.42 Å². The minimum Gasteiger partial charge on any atom is -0.465 e. The molecule has 19 heavy (non-hydrogen) atoms. The first kappa shape index (κ1) is 18.1. The molecule has 0 aliphatic carbocycles. The fraction of sp³-hybridized carbons (Fsp3) is 0.200. The molecule has 0 heterocycles. The van der Waals surface area contributed by atoms with Gasteiger partial charge < -0.3 is 9.47 Å². The zero-order chi connectivity index (χ0) is 13.9. The molecule has 0 saturated carbocycles. The minimum atomic E-state index is -4.55. The molecule has 1 N–H and O–H groups in total. The molecule has 0 bridgehead atoms. The Kier molecular flexibility index (Phi) is 6.67. The summed E-state index contributed by atoms with van der Waals surface area (Å²) in [6, 6.07) is 2.90. The minimum absolute atomic E-state index is 0. The number of carbonyl (C=O) groups is 2. The summed E-state index contributed by atoms with van der Waals surface area (Å²) in [7, 11) is -2.35. The number of carbonyl (C=O) groups excluding carboxylic acids is 2. The fourth-order valence-corrected chi connectivity index (χ4v) is 1.77. The van der Waals surface area contributed by atoms with Gasteiger partial charge in [0.15, 0.2) is 0 Å². The number of benzene rings is 1. The largest absolute Gasteiger partial charge is 1.00 e. The monoisotopic (exact) mass is 297 g/mol. The zero-order valence-corrected chi connectivity index (χ0v) is 13.4. The summed E-state index contributed by atoms with van der Waals surface area (Å²) in [5, 5.41) is 0. The van der Waals surface area contributed by atoms with Crippen LogP contribution in [0.15, 0.2) is 23.1 Å². The van der Waals surface area contributed by atoms with E-state index in [1.807, 2.05) is 0 Å². The van der Waals surface area contributed by atoms with Crippen LogP contribution >= 0.6 is 0 Å². The van der Waals surface area contributed by atoms with Crippen molar-refractivity contribution in [3.8, 4) is 0 Å². The summed E-state index contributed by atoms with van der Waals surface area (Å²) in [6.07, 6.45) is 0. The van der Waals surface area contributed by atoms with Crippen LogP contribution in [0.1, 0.15) is 20.7 Å². The standard InChI is InChI=1S/C10H10O7S.Na/c1-16-9(11)6-3-7(10(12)17-2)5-8(4-6)18(13,14)15;/h3-5H,1-2H3,(H,13,14,15);/q;+1. The summed E-state index contributed by atoms with van der Waals surface area (Å²) in [5.74, 6) is -1.68. The SMILES string of the molecule is COC(=O)c1cc(C(=O)OC)cc(S(=O)(=O)O)c1.[Na+]. The van der Waals surface area contributed by atoms with E-state index >= 15 is 0 Å². The smallest absolute Gasteiger partial charge is 0.465 e. The first-order valence-corrected chi connectivity index (χ1v) is 6.03. The predicted octanol–water partition coefficient (Wildman–Crippen LogP) is -2.49. The van der Waals surface area contributed by atoms with Gasteiger partial charge in [0, 0.05) is 0 Å². The Balaban J connectivity index is 0.00000324. The van der Waals surface area contributed by atoms with Gasteiger partial charge in [0.1, 0.15) is 0 Å². The third kappa shape index (κ3) is 4.59. The number of esters is 2. The van der Waals surface area contributed by atoms with E-state index in [2.05, 4.69) is 9.47 Å². The van der Waals surface area contributed by atoms with Gasteiger partial charge in [-0.1, -0.05) is 0 Å². The Hall–Kier alpha value is -0.930. The predicted molar refractivity (Wildman–Crippen MR) is 58.9 cm³/mol. The second kappa shape index (κ2) is 7.01. The molecule has 1 rings (SSSR count). The number of hydrogen-bond donors (Lipinski definition) is 1. The first-order valence-electron chi connectivity index (χ1n) is 4.59. The molecule has 1 aromatic carbocycles. The van der Waals surface area contributed by atoms with Gasteiger partial charge in [0.2, 0.25) is 0 Å². The Labute approximate surface area is 131 Å². The van der Waals surface area contributed by atoms with Crippen molar-refractivity contribution in [3.05, 3.63) is 29.3 Å². The number of rotatable bonds is 3. The van der Waals surface area contributed by atoms with Crippen molar-refractivity contribution >= 4 is 22.1 Å². The van der Waals surface area contributed by atoms with Gasteiger partial charge >= 0.3 is 41.5 Å². The first-order chi connectivity index (χ1) is 8.29. The van der Waals surface area contributed by atoms with Crippen LogP contribution in [0.25, 0.3) is 0 Å². The van der Waals surface area contributed by atoms with Crippen LogP contribution in [-0.2, 0) is 19.6 Å². The number of hydrogen-bond acceptors (Lipinski definition) is 6. The van der Waals surface area contributed by atoms with Gasteiger partial charge in [0.05, 0.1) is 30.2 Å². The Bertz CT molecular complexity index is 560. The van der Waals surface area contributed by atoms with E-state index in [1.165, 1.54) is 0 Å². The van der Waals surface area contributed by atoms with Crippen molar-refractivity contribution in [2.24, 2.45) is 0 Å². The van der Waals surface area contributed by atoms with Gasteiger partial charge in [-0.3, -0.25) is 4.55 Å². The van der Waals surface area contributed by atoms with Crippen LogP contribution in [0.3, 0.4) is 0 Å². The van der Waals surface area contributed by atoms with E-state index in [1.54, 1.807) is 0 Å². The van der Waals surface area contributed by atoms with Crippen LogP contribution in [0.4, 0.5) is 0 Å². The third-order valence-electron chi connectivity index (χ3n) is 2.05. The molecule has 0 aliphatic rings. The van der Waals surface area contributed by atoms with Crippen LogP contribution < -0.4 is 29.6 Å². The summed E-state index contributed by atoms with van der Waals surface area (Å²) >= 11 is 0. The van der Waals surface area contributed by atoms with Crippen molar-refractivity contribution in [2.45, 2.75) is 4.90 Å². The van der Waals surface area contributed by atoms with Gasteiger partial charge in [-0.25, -0.2) is 9.59 Å². The molecule has 0 saturated heterocycles. The summed E-state index contributed by atoms with van der Waals surface area (Å²) in [6.45, 7) is 0. The molecule has 0 radical (unpaired) electrons. The summed E-state index contributed by atoms with van der Waals surface area (Å²) < 4.78 is 39.7. The quantitative estimate of drug-likeness (QED) is 0.373. The second-order valence-corrected chi connectivity index (χ2v) is 4.63. The molecule has 0 atom stereocenters. The molecule has 1 aromatic rings. The topological polar surface area (TPSA) is 107 Å². The maximum absolute atomic E-state index is 11.3. The van der Waals surface area contributed by atoms with E-state index in [0.717, 1.165) is 32.4 Å². The second-order valence-electron chi connectivity index (χ2n) is 3.20. The van der Waals surface area contributed by atoms with Gasteiger partial charge in [0.25, 0.3) is 10.1 Å². The fourth-order valence-electron chi connectivity index (χ4n) is 1.22. The molecule has 0 spiro atoms. The summed E-state index contributed by atoms with van der Waals surface area (Å²) in [4.78, 5) is 22.0. The van der Waals surface area contributed by atoms with Crippen LogP contribution in [0.5, 0.6) is 0 Å². The maximum Gasteiger partial charge on any atom is 1.00 e. The van der Waals surface area contributed by atoms with Crippen LogP contribution in [0.2, 0.25) is 0 Å². The molecule has 0 aliphatic heterocycles. The molecule has 0 fully saturated rings. The van der Waals surface area contributed by atoms with Crippen molar-refractivity contribution in [1.82, 2.24) is 0 Å². The van der Waals surface area contributed by atoms with E-state index in [-0.39, 0.29) is 40.7 Å². The van der Waals surface area contributed by atoms with Crippen molar-refractivity contribution in [3.63, 3.8) is 0 Å². The van der Waals surface area contributed by atoms with E-state index in [9.17, 15) is 18.0 Å². The van der Waals surface area contributed by atoms with Crippen LogP contribution in [0, 0.1) is 0 Å². The molecular formula is C10H10NaO7S+. The van der Waals surface area contributed by atoms with Crippen molar-refractivity contribution in [2.75, 3.05) is 14.2 Å². The molecule has 98 valence electrons. The van der Waals surface area contributed by atoms with Gasteiger partial charge in [-0.05, 0) is 18.2 Å². The normalized spacial score (nSPS) is 10.3. The third-order valence-corrected chi connectivity index (χ3v) is 2.88. The van der Waals surface area contributed by atoms with Crippen molar-refractivity contribution in [1.29, 1.82) is 0 Å². The Morgan fingerprint density at radius 3 is 1.63 bits per heavy atom. The zero-order valence-electron chi connectivity index (χ0n) is 10.5. The average Bonchev–Trinajstić information content (AvgIpc) is 2.35. The van der Waals surface area contributed by atoms with Gasteiger partial charge in [-0.15, -0.1) is 0 Å². The maximum atomic E-state index is 11.3. The van der Waals surface area contributed by atoms with E-state index < -0.39 is 27.0 Å². The molecule has 0 unspecified atom stereocenters. The number of ether oxygens (including phenoxy) is 2.